The van der Waals surface area contributed by atoms with Crippen LogP contribution in [0.15, 0.2) is 0 Å². The average Bonchev–Trinajstić information content (AvgIpc) is 2.14. The van der Waals surface area contributed by atoms with Crippen molar-refractivity contribution in [3.05, 3.63) is 0 Å². The predicted molar refractivity (Wildman–Crippen MR) is 64.9 cm³/mol. The van der Waals surface area contributed by atoms with Crippen LogP contribution in [-0.4, -0.2) is 34.5 Å². The van der Waals surface area contributed by atoms with Crippen LogP contribution in [0.2, 0.25) is 0 Å². The Labute approximate surface area is 99.5 Å². The zero-order chi connectivity index (χ0) is 12.7. The summed E-state index contributed by atoms with van der Waals surface area (Å²) in [5.74, 6) is 0. The van der Waals surface area contributed by atoms with E-state index in [1.165, 1.54) is 0 Å². The molecule has 0 aromatic rings. The van der Waals surface area contributed by atoms with Crippen LogP contribution in [0.1, 0.15) is 40.0 Å². The molecule has 16 heavy (non-hydrogen) atoms. The normalized spacial score (nSPS) is 13.0. The molecule has 98 valence electrons. The molecule has 0 radical (unpaired) electrons. The Morgan fingerprint density at radius 3 is 2.19 bits per heavy atom. The quantitative estimate of drug-likeness (QED) is 0.466. The minimum absolute atomic E-state index is 0.225. The first kappa shape index (κ1) is 15.9. The van der Waals surface area contributed by atoms with Crippen LogP contribution in [0.25, 0.3) is 0 Å². The van der Waals surface area contributed by atoms with E-state index >= 15 is 0 Å². The van der Waals surface area contributed by atoms with Crippen molar-refractivity contribution < 1.29 is 17.3 Å². The van der Waals surface area contributed by atoms with Gasteiger partial charge >= 0.3 is 0 Å². The molecule has 0 saturated heterocycles. The number of rotatable bonds is 9. The largest absolute Gasteiger partial charge is 0.381 e. The highest BCUT2D eigenvalue weighted by atomic mass is 32.2. The maximum atomic E-state index is 10.6. The van der Waals surface area contributed by atoms with Crippen molar-refractivity contribution >= 4 is 10.1 Å². The van der Waals surface area contributed by atoms with Gasteiger partial charge in [0, 0.05) is 6.61 Å². The predicted octanol–water partition coefficient (Wildman–Crippen LogP) is 2.20. The molecule has 4 nitrogen and oxygen atoms in total. The Kier molecular flexibility index (Phi) is 7.19. The standard InChI is InChI=1S/C11H24O4S/c1-5-11(2,3)10-14-8-6-7-9-15-16(4,12)13/h5-10H2,1-4H3. The van der Waals surface area contributed by atoms with Gasteiger partial charge in [-0.05, 0) is 24.7 Å². The number of hydrogen-bond acceptors (Lipinski definition) is 4. The molecule has 0 aromatic heterocycles. The van der Waals surface area contributed by atoms with E-state index in [-0.39, 0.29) is 12.0 Å². The van der Waals surface area contributed by atoms with E-state index < -0.39 is 10.1 Å². The van der Waals surface area contributed by atoms with Gasteiger partial charge in [-0.2, -0.15) is 8.42 Å². The Morgan fingerprint density at radius 1 is 1.12 bits per heavy atom. The molecular weight excluding hydrogens is 228 g/mol. The second-order valence-electron chi connectivity index (χ2n) is 4.80. The fraction of sp³-hybridized carbons (Fsp3) is 1.00. The first-order chi connectivity index (χ1) is 7.27. The lowest BCUT2D eigenvalue weighted by Crippen LogP contribution is -2.18. The van der Waals surface area contributed by atoms with Gasteiger partial charge < -0.3 is 4.74 Å². The third-order valence-corrected chi connectivity index (χ3v) is 3.03. The van der Waals surface area contributed by atoms with Crippen molar-refractivity contribution in [1.29, 1.82) is 0 Å². The molecule has 0 fully saturated rings. The molecule has 0 rings (SSSR count). The molecule has 0 atom stereocenters. The van der Waals surface area contributed by atoms with Gasteiger partial charge in [0.2, 0.25) is 0 Å². The molecule has 0 unspecified atom stereocenters. The summed E-state index contributed by atoms with van der Waals surface area (Å²) in [4.78, 5) is 0. The minimum Gasteiger partial charge on any atom is -0.381 e. The maximum absolute atomic E-state index is 10.6. The van der Waals surface area contributed by atoms with Crippen molar-refractivity contribution in [2.45, 2.75) is 40.0 Å². The first-order valence-corrected chi connectivity index (χ1v) is 7.50. The van der Waals surface area contributed by atoms with Crippen molar-refractivity contribution in [3.63, 3.8) is 0 Å². The van der Waals surface area contributed by atoms with E-state index in [1.54, 1.807) is 0 Å². The molecule has 0 saturated carbocycles. The molecule has 5 heteroatoms. The fourth-order valence-corrected chi connectivity index (χ4v) is 1.39. The lowest BCUT2D eigenvalue weighted by atomic mass is 9.92. The van der Waals surface area contributed by atoms with Gasteiger partial charge in [0.15, 0.2) is 0 Å². The van der Waals surface area contributed by atoms with E-state index in [4.69, 9.17) is 4.74 Å². The number of unbranched alkanes of at least 4 members (excludes halogenated alkanes) is 1. The number of ether oxygens (including phenoxy) is 1. The molecule has 0 aliphatic heterocycles. The topological polar surface area (TPSA) is 52.6 Å². The van der Waals surface area contributed by atoms with Crippen LogP contribution in [0, 0.1) is 5.41 Å². The van der Waals surface area contributed by atoms with Crippen molar-refractivity contribution in [1.82, 2.24) is 0 Å². The summed E-state index contributed by atoms with van der Waals surface area (Å²) in [6, 6.07) is 0. The maximum Gasteiger partial charge on any atom is 0.264 e. The molecule has 0 aliphatic rings. The average molecular weight is 252 g/mol. The Hall–Kier alpha value is -0.130. The van der Waals surface area contributed by atoms with Crippen LogP contribution >= 0.6 is 0 Å². The SMILES string of the molecule is CCC(C)(C)COCCCCOS(C)(=O)=O. The summed E-state index contributed by atoms with van der Waals surface area (Å²) in [5, 5.41) is 0. The highest BCUT2D eigenvalue weighted by molar-refractivity contribution is 7.85. The third-order valence-electron chi connectivity index (χ3n) is 2.43. The summed E-state index contributed by atoms with van der Waals surface area (Å²) in [7, 11) is -3.28. The molecule has 0 N–H and O–H groups in total. The lowest BCUT2D eigenvalue weighted by molar-refractivity contribution is 0.0568. The van der Waals surface area contributed by atoms with Gasteiger partial charge in [0.05, 0.1) is 19.5 Å². The second-order valence-corrected chi connectivity index (χ2v) is 6.45. The van der Waals surface area contributed by atoms with E-state index in [0.29, 0.717) is 13.0 Å². The zero-order valence-corrected chi connectivity index (χ0v) is 11.6. The number of hydrogen-bond donors (Lipinski definition) is 0. The van der Waals surface area contributed by atoms with E-state index in [9.17, 15) is 8.42 Å². The van der Waals surface area contributed by atoms with Gasteiger partial charge in [-0.25, -0.2) is 0 Å². The van der Waals surface area contributed by atoms with E-state index in [0.717, 1.165) is 25.7 Å². The molecule has 0 bridgehead atoms. The Morgan fingerprint density at radius 2 is 1.69 bits per heavy atom. The summed E-state index contributed by atoms with van der Waals surface area (Å²) in [5.41, 5.74) is 0.225. The molecule has 0 heterocycles. The zero-order valence-electron chi connectivity index (χ0n) is 10.8. The van der Waals surface area contributed by atoms with Gasteiger partial charge in [-0.15, -0.1) is 0 Å². The summed E-state index contributed by atoms with van der Waals surface area (Å²) in [6.45, 7) is 8.13. The van der Waals surface area contributed by atoms with Crippen molar-refractivity contribution in [2.75, 3.05) is 26.1 Å². The Bertz CT molecular complexity index is 270. The van der Waals surface area contributed by atoms with Gasteiger partial charge in [0.1, 0.15) is 0 Å². The Balaban J connectivity index is 3.35. The van der Waals surface area contributed by atoms with Gasteiger partial charge in [-0.3, -0.25) is 4.18 Å². The van der Waals surface area contributed by atoms with Gasteiger partial charge in [-0.1, -0.05) is 20.8 Å². The molecule has 0 aromatic carbocycles. The highest BCUT2D eigenvalue weighted by Crippen LogP contribution is 2.19. The van der Waals surface area contributed by atoms with Crippen LogP contribution < -0.4 is 0 Å². The molecular formula is C11H24O4S. The summed E-state index contributed by atoms with van der Waals surface area (Å²) in [6.07, 6.45) is 3.69. The van der Waals surface area contributed by atoms with Crippen molar-refractivity contribution in [2.24, 2.45) is 5.41 Å². The smallest absolute Gasteiger partial charge is 0.264 e. The van der Waals surface area contributed by atoms with Crippen LogP contribution in [0.4, 0.5) is 0 Å². The molecule has 0 spiro atoms. The summed E-state index contributed by atoms with van der Waals surface area (Å²) >= 11 is 0. The van der Waals surface area contributed by atoms with Crippen LogP contribution in [0.3, 0.4) is 0 Å². The monoisotopic (exact) mass is 252 g/mol. The fourth-order valence-electron chi connectivity index (χ4n) is 0.967. The van der Waals surface area contributed by atoms with E-state index in [1.807, 2.05) is 0 Å². The lowest BCUT2D eigenvalue weighted by Gasteiger charge is -2.22. The van der Waals surface area contributed by atoms with E-state index in [2.05, 4.69) is 25.0 Å². The first-order valence-electron chi connectivity index (χ1n) is 5.69. The van der Waals surface area contributed by atoms with Crippen LogP contribution in [0.5, 0.6) is 0 Å². The molecule has 0 amide bonds. The third kappa shape index (κ3) is 10.4. The van der Waals surface area contributed by atoms with Crippen molar-refractivity contribution in [3.8, 4) is 0 Å². The summed E-state index contributed by atoms with van der Waals surface area (Å²) < 4.78 is 31.4. The molecule has 0 aliphatic carbocycles. The highest BCUT2D eigenvalue weighted by Gasteiger charge is 2.14. The van der Waals surface area contributed by atoms with Gasteiger partial charge in [0.25, 0.3) is 10.1 Å². The minimum atomic E-state index is -3.28. The second kappa shape index (κ2) is 7.25. The van der Waals surface area contributed by atoms with Crippen LogP contribution in [-0.2, 0) is 19.0 Å².